The fourth-order valence-corrected chi connectivity index (χ4v) is 4.67. The topological polar surface area (TPSA) is 105 Å². The summed E-state index contributed by atoms with van der Waals surface area (Å²) in [5.41, 5.74) is -2.05. The minimum atomic E-state index is -4.03. The van der Waals surface area contributed by atoms with Crippen molar-refractivity contribution in [2.24, 2.45) is 5.41 Å². The minimum Gasteiger partial charge on any atom is -0.438 e. The number of amides is 1. The highest BCUT2D eigenvalue weighted by atomic mass is 31.2. The van der Waals surface area contributed by atoms with Crippen LogP contribution >= 0.6 is 7.52 Å². The van der Waals surface area contributed by atoms with Crippen LogP contribution < -0.4 is 5.09 Å². The molecule has 29 heavy (non-hydrogen) atoms. The van der Waals surface area contributed by atoms with Gasteiger partial charge in [-0.1, -0.05) is 6.07 Å². The molecule has 1 fully saturated rings. The van der Waals surface area contributed by atoms with Gasteiger partial charge in [0.15, 0.2) is 6.79 Å². The molecule has 0 bridgehead atoms. The highest BCUT2D eigenvalue weighted by Crippen LogP contribution is 2.51. The molecule has 1 aliphatic heterocycles. The molecule has 2 unspecified atom stereocenters. The molecular weight excluding hydrogens is 409 g/mol. The van der Waals surface area contributed by atoms with Gasteiger partial charge in [0.1, 0.15) is 17.3 Å². The van der Waals surface area contributed by atoms with E-state index < -0.39 is 48.9 Å². The van der Waals surface area contributed by atoms with Gasteiger partial charge in [0.2, 0.25) is 0 Å². The zero-order valence-corrected chi connectivity index (χ0v) is 17.4. The Labute approximate surface area is 167 Å². The first-order valence-corrected chi connectivity index (χ1v) is 10.7. The van der Waals surface area contributed by atoms with Gasteiger partial charge in [-0.3, -0.25) is 23.9 Å². The van der Waals surface area contributed by atoms with E-state index in [1.165, 1.54) is 6.07 Å². The molecule has 0 saturated carbocycles. The lowest BCUT2D eigenvalue weighted by Crippen LogP contribution is -2.44. The Kier molecular flexibility index (Phi) is 7.50. The molecule has 1 saturated heterocycles. The molecule has 2 N–H and O–H groups in total. The van der Waals surface area contributed by atoms with Crippen molar-refractivity contribution in [1.29, 1.82) is 0 Å². The van der Waals surface area contributed by atoms with Crippen LogP contribution in [0.1, 0.15) is 39.2 Å². The number of halogens is 2. The Hall–Kier alpha value is -1.87. The number of piperidine rings is 1. The quantitative estimate of drug-likeness (QED) is 0.294. The third-order valence-corrected chi connectivity index (χ3v) is 6.74. The molecule has 2 rings (SSSR count). The minimum absolute atomic E-state index is 0.00558. The second-order valence-electron chi connectivity index (χ2n) is 7.72. The Balaban J connectivity index is 2.16. The number of esters is 1. The number of nitrogens with zero attached hydrogens (tertiary/aromatic N) is 1. The van der Waals surface area contributed by atoms with E-state index in [1.54, 1.807) is 20.8 Å². The van der Waals surface area contributed by atoms with Crippen LogP contribution in [0.15, 0.2) is 18.2 Å². The molecule has 1 amide bonds. The summed E-state index contributed by atoms with van der Waals surface area (Å²) < 4.78 is 50.7. The first-order valence-electron chi connectivity index (χ1n) is 9.05. The second-order valence-corrected chi connectivity index (χ2v) is 10.1. The van der Waals surface area contributed by atoms with Gasteiger partial charge in [-0.25, -0.2) is 18.9 Å². The maximum absolute atomic E-state index is 13.9. The average molecular weight is 434 g/mol. The van der Waals surface area contributed by atoms with E-state index in [2.05, 4.69) is 5.09 Å². The normalized spacial score (nSPS) is 19.7. The monoisotopic (exact) mass is 434 g/mol. The van der Waals surface area contributed by atoms with E-state index in [0.29, 0.717) is 17.6 Å². The van der Waals surface area contributed by atoms with Crippen molar-refractivity contribution >= 4 is 19.4 Å². The van der Waals surface area contributed by atoms with Gasteiger partial charge >= 0.3 is 5.97 Å². The number of benzene rings is 1. The number of carbonyl (C=O) groups excluding carboxylic acids is 2. The smallest absolute Gasteiger partial charge is 0.313 e. The highest BCUT2D eigenvalue weighted by Gasteiger charge is 2.44. The van der Waals surface area contributed by atoms with Gasteiger partial charge in [-0.15, -0.1) is 0 Å². The number of ether oxygens (including phenoxy) is 1. The molecule has 1 heterocycles. The third-order valence-electron chi connectivity index (χ3n) is 4.35. The Bertz CT molecular complexity index is 814. The van der Waals surface area contributed by atoms with Gasteiger partial charge in [0.05, 0.1) is 5.41 Å². The summed E-state index contributed by atoms with van der Waals surface area (Å²) >= 11 is 0. The van der Waals surface area contributed by atoms with Crippen LogP contribution in [0.2, 0.25) is 0 Å². The van der Waals surface area contributed by atoms with Crippen molar-refractivity contribution in [3.05, 3.63) is 35.4 Å². The summed E-state index contributed by atoms with van der Waals surface area (Å²) in [5.74, 6) is -3.04. The van der Waals surface area contributed by atoms with Crippen molar-refractivity contribution in [1.82, 2.24) is 10.2 Å². The average Bonchev–Trinajstić information content (AvgIpc) is 2.62. The van der Waals surface area contributed by atoms with Gasteiger partial charge in [-0.2, -0.15) is 0 Å². The zero-order valence-electron chi connectivity index (χ0n) is 16.5. The number of hydrogen-bond acceptors (Lipinski definition) is 6. The zero-order chi connectivity index (χ0) is 21.8. The van der Waals surface area contributed by atoms with Crippen molar-refractivity contribution in [2.45, 2.75) is 45.8 Å². The highest BCUT2D eigenvalue weighted by molar-refractivity contribution is 7.58. The van der Waals surface area contributed by atoms with E-state index in [-0.39, 0.29) is 25.1 Å². The SMILES string of the molecule is CC(C)(C)C(=O)OCOP(=O)(NCc1ccc(F)cc1F)C1CCCN(O)C1=O. The van der Waals surface area contributed by atoms with Crippen LogP contribution in [0, 0.1) is 17.0 Å². The molecule has 1 aliphatic rings. The largest absolute Gasteiger partial charge is 0.438 e. The van der Waals surface area contributed by atoms with Crippen molar-refractivity contribution in [3.8, 4) is 0 Å². The van der Waals surface area contributed by atoms with E-state index in [0.717, 1.165) is 6.07 Å². The van der Waals surface area contributed by atoms with Crippen LogP contribution in [0.3, 0.4) is 0 Å². The first kappa shape index (κ1) is 23.4. The molecule has 0 aliphatic carbocycles. The Morgan fingerprint density at radius 2 is 2.07 bits per heavy atom. The van der Waals surface area contributed by atoms with E-state index in [9.17, 15) is 28.1 Å². The molecule has 162 valence electrons. The molecule has 11 heteroatoms. The lowest BCUT2D eigenvalue weighted by Gasteiger charge is -2.32. The fraction of sp³-hybridized carbons (Fsp3) is 0.556. The van der Waals surface area contributed by atoms with Gasteiger partial charge < -0.3 is 4.74 Å². The van der Waals surface area contributed by atoms with E-state index in [4.69, 9.17) is 9.26 Å². The van der Waals surface area contributed by atoms with Crippen LogP contribution in [0.5, 0.6) is 0 Å². The lowest BCUT2D eigenvalue weighted by atomic mass is 9.98. The molecular formula is C18H25F2N2O6P. The molecule has 0 aromatic heterocycles. The van der Waals surface area contributed by atoms with Gasteiger partial charge in [0, 0.05) is 24.7 Å². The van der Waals surface area contributed by atoms with E-state index >= 15 is 0 Å². The van der Waals surface area contributed by atoms with Crippen LogP contribution in [-0.4, -0.2) is 41.1 Å². The molecule has 0 spiro atoms. The van der Waals surface area contributed by atoms with Crippen molar-refractivity contribution in [2.75, 3.05) is 13.3 Å². The number of hydrogen-bond donors (Lipinski definition) is 2. The maximum Gasteiger partial charge on any atom is 0.313 e. The maximum atomic E-state index is 13.9. The van der Waals surface area contributed by atoms with Gasteiger partial charge in [-0.05, 0) is 39.7 Å². The summed E-state index contributed by atoms with van der Waals surface area (Å²) in [6.07, 6.45) is 0.522. The second kappa shape index (κ2) is 9.30. The molecule has 8 nitrogen and oxygen atoms in total. The molecule has 0 radical (unpaired) electrons. The standard InChI is InChI=1S/C18H25F2N2O6P/c1-18(2,3)17(24)27-11-28-29(26,15-5-4-8-22(25)16(15)23)21-10-12-6-7-13(19)9-14(12)20/h6-7,9,15,25H,4-5,8,10-11H2,1-3H3,(H,21,26). The lowest BCUT2D eigenvalue weighted by molar-refractivity contribution is -0.169. The third kappa shape index (κ3) is 6.05. The van der Waals surface area contributed by atoms with Crippen molar-refractivity contribution in [3.63, 3.8) is 0 Å². The number of nitrogens with one attached hydrogen (secondary N) is 1. The number of rotatable bonds is 7. The Morgan fingerprint density at radius 3 is 2.69 bits per heavy atom. The summed E-state index contributed by atoms with van der Waals surface area (Å²) in [7, 11) is -4.03. The first-order chi connectivity index (χ1) is 13.4. The predicted octanol–water partition coefficient (Wildman–Crippen LogP) is 3.19. The van der Waals surface area contributed by atoms with E-state index in [1.807, 2.05) is 0 Å². The molecule has 1 aromatic rings. The summed E-state index contributed by atoms with van der Waals surface area (Å²) in [6, 6.07) is 2.88. The summed E-state index contributed by atoms with van der Waals surface area (Å²) in [4.78, 5) is 24.2. The fourth-order valence-electron chi connectivity index (χ4n) is 2.64. The van der Waals surface area contributed by atoms with Crippen LogP contribution in [-0.2, 0) is 30.0 Å². The van der Waals surface area contributed by atoms with Crippen LogP contribution in [0.4, 0.5) is 8.78 Å². The molecule has 1 aromatic carbocycles. The number of carbonyl (C=O) groups is 2. The number of hydroxylamine groups is 2. The predicted molar refractivity (Wildman–Crippen MR) is 98.8 cm³/mol. The summed E-state index contributed by atoms with van der Waals surface area (Å²) in [5, 5.41) is 12.7. The Morgan fingerprint density at radius 1 is 1.38 bits per heavy atom. The van der Waals surface area contributed by atoms with Crippen molar-refractivity contribution < 1.29 is 37.4 Å². The molecule has 2 atom stereocenters. The van der Waals surface area contributed by atoms with Gasteiger partial charge in [0.25, 0.3) is 13.4 Å². The van der Waals surface area contributed by atoms with Crippen LogP contribution in [0.25, 0.3) is 0 Å². The summed E-state index contributed by atoms with van der Waals surface area (Å²) in [6.45, 7) is 3.94.